The number of rotatable bonds is 15. The van der Waals surface area contributed by atoms with Crippen molar-refractivity contribution >= 4 is 39.8 Å². The summed E-state index contributed by atoms with van der Waals surface area (Å²) in [6.07, 6.45) is 0.252. The molecular formula is C32H34BrN5O10. The summed E-state index contributed by atoms with van der Waals surface area (Å²) in [7, 11) is 2.74. The number of nitrogens with zero attached hydrogens (tertiary/aromatic N) is 2. The highest BCUT2D eigenvalue weighted by Crippen LogP contribution is 2.37. The number of esters is 1. The molecule has 0 saturated carbocycles. The fourth-order valence-corrected chi connectivity index (χ4v) is 5.26. The molecule has 254 valence electrons. The number of carbonyl (C=O) groups is 2. The van der Waals surface area contributed by atoms with Gasteiger partial charge in [-0.1, -0.05) is 18.2 Å². The van der Waals surface area contributed by atoms with Gasteiger partial charge in [-0.15, -0.1) is 0 Å². The van der Waals surface area contributed by atoms with E-state index in [2.05, 4.69) is 37.1 Å². The predicted octanol–water partition coefficient (Wildman–Crippen LogP) is 4.47. The Bertz CT molecular complexity index is 1730. The van der Waals surface area contributed by atoms with Crippen LogP contribution in [-0.4, -0.2) is 61.9 Å². The molecule has 0 aromatic heterocycles. The maximum atomic E-state index is 12.5. The van der Waals surface area contributed by atoms with Gasteiger partial charge >= 0.3 is 12.0 Å². The van der Waals surface area contributed by atoms with Gasteiger partial charge in [0.1, 0.15) is 13.2 Å². The van der Waals surface area contributed by atoms with E-state index in [1.54, 1.807) is 56.3 Å². The first-order valence-electron chi connectivity index (χ1n) is 14.5. The molecule has 2 amide bonds. The zero-order chi connectivity index (χ0) is 34.8. The molecule has 0 aliphatic carbocycles. The van der Waals surface area contributed by atoms with E-state index in [0.717, 1.165) is 0 Å². The quantitative estimate of drug-likeness (QED) is 0.0568. The largest absolute Gasteiger partial charge is 0.493 e. The van der Waals surface area contributed by atoms with Gasteiger partial charge in [-0.05, 0) is 70.7 Å². The number of ether oxygens (including phenoxy) is 5. The number of nitro groups is 1. The normalized spacial score (nSPS) is 14.9. The first-order chi connectivity index (χ1) is 23.0. The Kier molecular flexibility index (Phi) is 12.2. The van der Waals surface area contributed by atoms with Gasteiger partial charge in [-0.2, -0.15) is 5.10 Å². The minimum absolute atomic E-state index is 0.0337. The van der Waals surface area contributed by atoms with E-state index in [0.29, 0.717) is 56.5 Å². The maximum absolute atomic E-state index is 12.5. The van der Waals surface area contributed by atoms with Crippen LogP contribution in [0.1, 0.15) is 36.6 Å². The average molecular weight is 729 g/mol. The molecule has 0 radical (unpaired) electrons. The number of hydrogen-bond donors (Lipinski definition) is 4. The Morgan fingerprint density at radius 1 is 1.12 bits per heavy atom. The molecule has 2 atom stereocenters. The number of nitrogens with one attached hydrogen (secondary N) is 3. The predicted molar refractivity (Wildman–Crippen MR) is 177 cm³/mol. The number of hydrazone groups is 1. The van der Waals surface area contributed by atoms with Crippen LogP contribution in [0.5, 0.6) is 23.0 Å². The van der Waals surface area contributed by atoms with E-state index in [1.165, 1.54) is 32.6 Å². The van der Waals surface area contributed by atoms with Crippen molar-refractivity contribution in [3.05, 3.63) is 97.1 Å². The lowest BCUT2D eigenvalue weighted by molar-refractivity contribution is -0.384. The number of methoxy groups -OCH3 is 2. The van der Waals surface area contributed by atoms with Gasteiger partial charge in [0.05, 0.1) is 48.1 Å². The van der Waals surface area contributed by atoms with Crippen molar-refractivity contribution in [1.29, 1.82) is 0 Å². The van der Waals surface area contributed by atoms with Crippen LogP contribution in [0.25, 0.3) is 0 Å². The first-order valence-corrected chi connectivity index (χ1v) is 15.3. The number of carbonyl (C=O) groups excluding carboxylic acids is 2. The van der Waals surface area contributed by atoms with Crippen LogP contribution in [0, 0.1) is 10.1 Å². The zero-order valence-corrected chi connectivity index (χ0v) is 28.0. The highest BCUT2D eigenvalue weighted by atomic mass is 79.9. The average Bonchev–Trinajstić information content (AvgIpc) is 3.06. The zero-order valence-electron chi connectivity index (χ0n) is 26.4. The Morgan fingerprint density at radius 2 is 1.92 bits per heavy atom. The van der Waals surface area contributed by atoms with E-state index < -0.39 is 29.2 Å². The molecule has 0 spiro atoms. The molecule has 0 fully saturated rings. The van der Waals surface area contributed by atoms with E-state index in [-0.39, 0.29) is 24.5 Å². The topological polar surface area (TPSA) is 192 Å². The second-order valence-corrected chi connectivity index (χ2v) is 11.0. The smallest absolute Gasteiger partial charge is 0.337 e. The minimum Gasteiger partial charge on any atom is -0.493 e. The fraction of sp³-hybridized carbons (Fsp3) is 0.281. The number of amides is 2. The van der Waals surface area contributed by atoms with Gasteiger partial charge in [-0.3, -0.25) is 15.5 Å². The Hall–Kier alpha value is -5.35. The van der Waals surface area contributed by atoms with Gasteiger partial charge in [-0.25, -0.2) is 9.59 Å². The number of halogens is 1. The van der Waals surface area contributed by atoms with E-state index in [1.807, 2.05) is 0 Å². The van der Waals surface area contributed by atoms with Gasteiger partial charge in [0, 0.05) is 17.8 Å². The third kappa shape index (κ3) is 8.92. The summed E-state index contributed by atoms with van der Waals surface area (Å²) in [4.78, 5) is 35.2. The summed E-state index contributed by atoms with van der Waals surface area (Å²) in [5, 5.41) is 30.9. The third-order valence-electron chi connectivity index (χ3n) is 6.87. The first kappa shape index (κ1) is 35.5. The van der Waals surface area contributed by atoms with Gasteiger partial charge in [0.2, 0.25) is 0 Å². The SMILES string of the molecule is CCOc1cc([C@@H]2NC(=O)NC(C)=C2C(=O)OC)ccc1OC[C@H](O)N/N=C\c1cc(Br)c(OCc2cccc([N+](=O)[O-])c2)c(OC)c1. The van der Waals surface area contributed by atoms with Crippen molar-refractivity contribution in [1.82, 2.24) is 16.1 Å². The molecule has 4 N–H and O–H groups in total. The van der Waals surface area contributed by atoms with Crippen LogP contribution >= 0.6 is 15.9 Å². The van der Waals surface area contributed by atoms with Crippen molar-refractivity contribution in [2.45, 2.75) is 32.7 Å². The van der Waals surface area contributed by atoms with Gasteiger partial charge in [0.15, 0.2) is 29.2 Å². The van der Waals surface area contributed by atoms with Gasteiger partial charge in [0.25, 0.3) is 5.69 Å². The lowest BCUT2D eigenvalue weighted by Gasteiger charge is -2.28. The van der Waals surface area contributed by atoms with Crippen molar-refractivity contribution in [2.75, 3.05) is 27.4 Å². The number of hydrogen-bond acceptors (Lipinski definition) is 12. The number of nitro benzene ring substituents is 1. The summed E-state index contributed by atoms with van der Waals surface area (Å²) in [5.74, 6) is 0.853. The highest BCUT2D eigenvalue weighted by molar-refractivity contribution is 9.10. The van der Waals surface area contributed by atoms with Crippen LogP contribution in [-0.2, 0) is 16.1 Å². The molecule has 0 saturated heterocycles. The number of aliphatic hydroxyl groups is 1. The number of benzene rings is 3. The summed E-state index contributed by atoms with van der Waals surface area (Å²) in [6.45, 7) is 3.58. The Labute approximate surface area is 284 Å². The van der Waals surface area contributed by atoms with E-state index in [9.17, 15) is 24.8 Å². The molecule has 48 heavy (non-hydrogen) atoms. The lowest BCUT2D eigenvalue weighted by atomic mass is 9.95. The molecule has 0 unspecified atom stereocenters. The lowest BCUT2D eigenvalue weighted by Crippen LogP contribution is -2.45. The van der Waals surface area contributed by atoms with Crippen molar-refractivity contribution < 1.29 is 43.3 Å². The van der Waals surface area contributed by atoms with Crippen LogP contribution < -0.4 is 35.0 Å². The van der Waals surface area contributed by atoms with Crippen molar-refractivity contribution in [3.63, 3.8) is 0 Å². The third-order valence-corrected chi connectivity index (χ3v) is 7.45. The summed E-state index contributed by atoms with van der Waals surface area (Å²) >= 11 is 3.47. The molecule has 1 aliphatic heterocycles. The Morgan fingerprint density at radius 3 is 2.62 bits per heavy atom. The molecule has 3 aromatic rings. The van der Waals surface area contributed by atoms with Gasteiger partial charge < -0.3 is 39.4 Å². The van der Waals surface area contributed by atoms with Crippen molar-refractivity contribution in [3.8, 4) is 23.0 Å². The standard InChI is InChI=1S/C32H34BrN5O10/c1-5-46-25-14-21(29-28(31(40)45-4)18(2)35-32(41)36-29)9-10-24(25)47-17-27(39)37-34-15-20-12-23(33)30(26(13-20)44-3)48-16-19-7-6-8-22(11-19)38(42)43/h6-15,27,29,37,39H,5,16-17H2,1-4H3,(H2,35,36,41)/b34-15-/t27-,29-/m0/s1. The number of allylic oxidation sites excluding steroid dienone is 1. The summed E-state index contributed by atoms with van der Waals surface area (Å²) in [6, 6.07) is 13.2. The second kappa shape index (κ2) is 16.5. The molecule has 0 bridgehead atoms. The minimum atomic E-state index is -1.21. The summed E-state index contributed by atoms with van der Waals surface area (Å²) in [5.41, 5.74) is 4.96. The molecule has 1 heterocycles. The Balaban J connectivity index is 1.39. The van der Waals surface area contributed by atoms with Crippen LogP contribution in [0.2, 0.25) is 0 Å². The number of urea groups is 1. The van der Waals surface area contributed by atoms with E-state index >= 15 is 0 Å². The van der Waals surface area contributed by atoms with Crippen LogP contribution in [0.4, 0.5) is 10.5 Å². The monoisotopic (exact) mass is 727 g/mol. The number of aliphatic hydroxyl groups excluding tert-OH is 1. The molecule has 15 nitrogen and oxygen atoms in total. The van der Waals surface area contributed by atoms with Crippen LogP contribution in [0.3, 0.4) is 0 Å². The molecule has 4 rings (SSSR count). The molecular weight excluding hydrogens is 694 g/mol. The molecule has 1 aliphatic rings. The summed E-state index contributed by atoms with van der Waals surface area (Å²) < 4.78 is 28.4. The fourth-order valence-electron chi connectivity index (χ4n) is 4.69. The second-order valence-electron chi connectivity index (χ2n) is 10.2. The maximum Gasteiger partial charge on any atom is 0.337 e. The van der Waals surface area contributed by atoms with Crippen LogP contribution in [0.15, 0.2) is 75.4 Å². The highest BCUT2D eigenvalue weighted by Gasteiger charge is 2.32. The van der Waals surface area contributed by atoms with Crippen molar-refractivity contribution in [2.24, 2.45) is 5.10 Å². The number of non-ortho nitro benzene ring substituents is 1. The van der Waals surface area contributed by atoms with E-state index in [4.69, 9.17) is 23.7 Å². The molecule has 3 aromatic carbocycles. The molecule has 16 heteroatoms.